The molecule has 1 aromatic rings. The van der Waals surface area contributed by atoms with Gasteiger partial charge in [-0.25, -0.2) is 0 Å². The van der Waals surface area contributed by atoms with Crippen molar-refractivity contribution >= 4 is 5.69 Å². The molecule has 0 amide bonds. The summed E-state index contributed by atoms with van der Waals surface area (Å²) < 4.78 is 0. The van der Waals surface area contributed by atoms with Gasteiger partial charge in [0.15, 0.2) is 0 Å². The van der Waals surface area contributed by atoms with Crippen molar-refractivity contribution in [1.82, 2.24) is 4.90 Å². The van der Waals surface area contributed by atoms with Gasteiger partial charge in [0, 0.05) is 30.9 Å². The van der Waals surface area contributed by atoms with Crippen LogP contribution in [0.1, 0.15) is 31.2 Å². The van der Waals surface area contributed by atoms with Gasteiger partial charge >= 0.3 is 0 Å². The van der Waals surface area contributed by atoms with Crippen molar-refractivity contribution in [2.24, 2.45) is 5.92 Å². The summed E-state index contributed by atoms with van der Waals surface area (Å²) in [5.41, 5.74) is 2.87. The molecule has 2 heteroatoms. The first kappa shape index (κ1) is 10.9. The van der Waals surface area contributed by atoms with Gasteiger partial charge in [0.2, 0.25) is 0 Å². The number of fused-ring (bicyclic) bond motifs is 3. The number of hydrogen-bond donors (Lipinski definition) is 1. The molecule has 1 saturated carbocycles. The Labute approximate surface area is 109 Å². The normalized spacial score (nSPS) is 35.0. The van der Waals surface area contributed by atoms with Gasteiger partial charge in [-0.05, 0) is 49.7 Å². The number of anilines is 1. The molecule has 3 aliphatic rings. The maximum Gasteiger partial charge on any atom is 0.0373 e. The Morgan fingerprint density at radius 2 is 2.00 bits per heavy atom. The molecule has 18 heavy (non-hydrogen) atoms. The quantitative estimate of drug-likeness (QED) is 0.814. The summed E-state index contributed by atoms with van der Waals surface area (Å²) in [6, 6.07) is 10.5. The average Bonchev–Trinajstić information content (AvgIpc) is 2.96. The molecule has 1 aliphatic carbocycles. The van der Waals surface area contributed by atoms with E-state index in [4.69, 9.17) is 0 Å². The van der Waals surface area contributed by atoms with Crippen molar-refractivity contribution < 1.29 is 0 Å². The third-order valence-electron chi connectivity index (χ3n) is 5.21. The second-order valence-corrected chi connectivity index (χ2v) is 6.26. The van der Waals surface area contributed by atoms with Crippen LogP contribution in [-0.2, 0) is 6.42 Å². The van der Waals surface area contributed by atoms with Gasteiger partial charge < -0.3 is 5.32 Å². The second kappa shape index (κ2) is 4.27. The van der Waals surface area contributed by atoms with Gasteiger partial charge in [-0.15, -0.1) is 0 Å². The van der Waals surface area contributed by atoms with E-state index < -0.39 is 0 Å². The molecule has 3 atom stereocenters. The summed E-state index contributed by atoms with van der Waals surface area (Å²) in [7, 11) is 0. The highest BCUT2D eigenvalue weighted by Crippen LogP contribution is 2.39. The maximum atomic E-state index is 3.67. The Morgan fingerprint density at radius 3 is 2.83 bits per heavy atom. The number of nitrogens with one attached hydrogen (secondary N) is 1. The first-order valence-electron chi connectivity index (χ1n) is 7.47. The molecule has 4 rings (SSSR count). The topological polar surface area (TPSA) is 15.3 Å². The minimum absolute atomic E-state index is 0.757. The number of rotatable bonds is 1. The number of hydrogen-bond acceptors (Lipinski definition) is 2. The minimum Gasteiger partial charge on any atom is -0.383 e. The summed E-state index contributed by atoms with van der Waals surface area (Å²) in [6.45, 7) is 2.51. The molecule has 0 aromatic heterocycles. The highest BCUT2D eigenvalue weighted by atomic mass is 15.2. The first-order chi connectivity index (χ1) is 8.90. The van der Waals surface area contributed by atoms with E-state index in [0.717, 1.165) is 24.5 Å². The van der Waals surface area contributed by atoms with Gasteiger partial charge in [-0.2, -0.15) is 0 Å². The maximum absolute atomic E-state index is 3.67. The standard InChI is InChI=1S/C16H22N2/c1-2-4-16-13(3-1)6-8-15(10-17-16)18-11-12-5-7-14(18)9-12/h1-4,12,14-15,17H,5-11H2. The van der Waals surface area contributed by atoms with Crippen molar-refractivity contribution in [3.05, 3.63) is 29.8 Å². The Balaban J connectivity index is 1.50. The van der Waals surface area contributed by atoms with Crippen molar-refractivity contribution in [1.29, 1.82) is 0 Å². The van der Waals surface area contributed by atoms with E-state index >= 15 is 0 Å². The zero-order chi connectivity index (χ0) is 11.9. The fourth-order valence-corrected chi connectivity index (χ4v) is 4.26. The average molecular weight is 242 g/mol. The predicted octanol–water partition coefficient (Wildman–Crippen LogP) is 2.90. The summed E-state index contributed by atoms with van der Waals surface area (Å²) in [4.78, 5) is 2.81. The van der Waals surface area contributed by atoms with Gasteiger partial charge in [0.1, 0.15) is 0 Å². The third kappa shape index (κ3) is 1.74. The van der Waals surface area contributed by atoms with E-state index in [2.05, 4.69) is 34.5 Å². The first-order valence-corrected chi connectivity index (χ1v) is 7.47. The largest absolute Gasteiger partial charge is 0.383 e. The molecule has 1 saturated heterocycles. The zero-order valence-corrected chi connectivity index (χ0v) is 10.9. The van der Waals surface area contributed by atoms with E-state index in [1.54, 1.807) is 0 Å². The van der Waals surface area contributed by atoms with Gasteiger partial charge in [-0.1, -0.05) is 18.2 Å². The van der Waals surface area contributed by atoms with Crippen molar-refractivity contribution in [3.63, 3.8) is 0 Å². The van der Waals surface area contributed by atoms with Crippen molar-refractivity contribution in [2.45, 2.75) is 44.2 Å². The number of likely N-dealkylation sites (tertiary alicyclic amines) is 1. The van der Waals surface area contributed by atoms with Crippen LogP contribution in [0.4, 0.5) is 5.69 Å². The number of piperidine rings is 1. The molecule has 0 radical (unpaired) electrons. The molecule has 2 heterocycles. The number of benzene rings is 1. The van der Waals surface area contributed by atoms with E-state index in [-0.39, 0.29) is 0 Å². The van der Waals surface area contributed by atoms with Crippen molar-refractivity contribution in [2.75, 3.05) is 18.4 Å². The van der Waals surface area contributed by atoms with Gasteiger partial charge in [0.25, 0.3) is 0 Å². The summed E-state index contributed by atoms with van der Waals surface area (Å²) >= 11 is 0. The molecule has 2 aliphatic heterocycles. The fraction of sp³-hybridized carbons (Fsp3) is 0.625. The Hall–Kier alpha value is -1.02. The minimum atomic E-state index is 0.757. The highest BCUT2D eigenvalue weighted by Gasteiger charge is 2.40. The van der Waals surface area contributed by atoms with Crippen LogP contribution in [0, 0.1) is 5.92 Å². The van der Waals surface area contributed by atoms with Gasteiger partial charge in [0.05, 0.1) is 0 Å². The molecule has 96 valence electrons. The molecule has 2 nitrogen and oxygen atoms in total. The van der Waals surface area contributed by atoms with Crippen molar-refractivity contribution in [3.8, 4) is 0 Å². The fourth-order valence-electron chi connectivity index (χ4n) is 4.26. The van der Waals surface area contributed by atoms with Crippen LogP contribution < -0.4 is 5.32 Å². The molecule has 3 unspecified atom stereocenters. The molecule has 1 N–H and O–H groups in total. The Morgan fingerprint density at radius 1 is 1.06 bits per heavy atom. The summed E-state index contributed by atoms with van der Waals surface area (Å²) in [6.07, 6.45) is 6.98. The summed E-state index contributed by atoms with van der Waals surface area (Å²) in [5.74, 6) is 1.01. The van der Waals surface area contributed by atoms with Crippen LogP contribution in [0.15, 0.2) is 24.3 Å². The third-order valence-corrected chi connectivity index (χ3v) is 5.21. The van der Waals surface area contributed by atoms with E-state index in [0.29, 0.717) is 0 Å². The Kier molecular flexibility index (Phi) is 2.58. The lowest BCUT2D eigenvalue weighted by molar-refractivity contribution is 0.149. The smallest absolute Gasteiger partial charge is 0.0373 e. The second-order valence-electron chi connectivity index (χ2n) is 6.26. The lowest BCUT2D eigenvalue weighted by Gasteiger charge is -2.34. The van der Waals surface area contributed by atoms with Gasteiger partial charge in [-0.3, -0.25) is 4.90 Å². The molecule has 0 spiro atoms. The Bertz CT molecular complexity index is 415. The lowest BCUT2D eigenvalue weighted by Crippen LogP contribution is -2.44. The molecular weight excluding hydrogens is 220 g/mol. The van der Waals surface area contributed by atoms with E-state index in [9.17, 15) is 0 Å². The van der Waals surface area contributed by atoms with E-state index in [1.165, 1.54) is 49.9 Å². The van der Waals surface area contributed by atoms with Crippen LogP contribution in [0.25, 0.3) is 0 Å². The molecular formula is C16H22N2. The van der Waals surface area contributed by atoms with Crippen LogP contribution in [0.5, 0.6) is 0 Å². The van der Waals surface area contributed by atoms with Crippen LogP contribution in [0.2, 0.25) is 0 Å². The predicted molar refractivity (Wildman–Crippen MR) is 74.9 cm³/mol. The summed E-state index contributed by atoms with van der Waals surface area (Å²) in [5, 5.41) is 3.67. The zero-order valence-electron chi connectivity index (χ0n) is 10.9. The molecule has 2 fully saturated rings. The molecule has 2 bridgehead atoms. The highest BCUT2D eigenvalue weighted by molar-refractivity contribution is 5.52. The number of para-hydroxylation sites is 1. The van der Waals surface area contributed by atoms with Crippen LogP contribution in [0.3, 0.4) is 0 Å². The monoisotopic (exact) mass is 242 g/mol. The number of nitrogens with zero attached hydrogens (tertiary/aromatic N) is 1. The number of aryl methyl sites for hydroxylation is 1. The van der Waals surface area contributed by atoms with Crippen LogP contribution >= 0.6 is 0 Å². The molecule has 1 aromatic carbocycles. The van der Waals surface area contributed by atoms with Crippen LogP contribution in [-0.4, -0.2) is 30.1 Å². The lowest BCUT2D eigenvalue weighted by atomic mass is 10.0. The van der Waals surface area contributed by atoms with E-state index in [1.807, 2.05) is 0 Å². The SMILES string of the molecule is c1ccc2c(c1)CCC(N1CC3CCC1C3)CN2.